The molecule has 6 nitrogen and oxygen atoms in total. The highest BCUT2D eigenvalue weighted by Gasteiger charge is 2.34. The van der Waals surface area contributed by atoms with Gasteiger partial charge in [-0.15, -0.1) is 0 Å². The Morgan fingerprint density at radius 2 is 2.17 bits per heavy atom. The zero-order chi connectivity index (χ0) is 15.8. The summed E-state index contributed by atoms with van der Waals surface area (Å²) >= 11 is 0. The van der Waals surface area contributed by atoms with Crippen LogP contribution in [0, 0.1) is 6.92 Å². The summed E-state index contributed by atoms with van der Waals surface area (Å²) in [4.78, 5) is 14.7. The second kappa shape index (κ2) is 5.39. The van der Waals surface area contributed by atoms with Gasteiger partial charge in [-0.05, 0) is 18.1 Å². The van der Waals surface area contributed by atoms with Crippen molar-refractivity contribution < 1.29 is 9.15 Å². The lowest BCUT2D eigenvalue weighted by molar-refractivity contribution is 0.396. The number of rotatable bonds is 3. The van der Waals surface area contributed by atoms with Gasteiger partial charge in [-0.3, -0.25) is 0 Å². The quantitative estimate of drug-likeness (QED) is 0.741. The van der Waals surface area contributed by atoms with Crippen LogP contribution in [0.2, 0.25) is 0 Å². The van der Waals surface area contributed by atoms with Gasteiger partial charge in [-0.25, -0.2) is 15.0 Å². The van der Waals surface area contributed by atoms with Crippen LogP contribution in [-0.4, -0.2) is 22.1 Å². The molecule has 0 aliphatic carbocycles. The van der Waals surface area contributed by atoms with Crippen LogP contribution in [0.4, 0.5) is 5.82 Å². The maximum absolute atomic E-state index is 5.59. The molecule has 0 radical (unpaired) electrons. The smallest absolute Gasteiger partial charge is 0.218 e. The second-order valence-electron chi connectivity index (χ2n) is 5.56. The number of hydrogen-bond acceptors (Lipinski definition) is 6. The first-order valence-corrected chi connectivity index (χ1v) is 7.37. The molecule has 23 heavy (non-hydrogen) atoms. The molecular weight excluding hydrogens is 292 g/mol. The molecule has 116 valence electrons. The monoisotopic (exact) mass is 308 g/mol. The van der Waals surface area contributed by atoms with Crippen LogP contribution in [0.5, 0.6) is 5.88 Å². The molecule has 1 unspecified atom stereocenters. The van der Waals surface area contributed by atoms with Gasteiger partial charge >= 0.3 is 0 Å². The van der Waals surface area contributed by atoms with Crippen molar-refractivity contribution in [2.75, 3.05) is 12.0 Å². The molecule has 6 heteroatoms. The molecule has 0 fully saturated rings. The van der Waals surface area contributed by atoms with E-state index in [0.29, 0.717) is 5.88 Å². The summed E-state index contributed by atoms with van der Waals surface area (Å²) in [5, 5.41) is 0. The molecule has 3 aromatic rings. The highest BCUT2D eigenvalue weighted by atomic mass is 16.5. The number of nitrogens with zero attached hydrogens (tertiary/aromatic N) is 4. The number of oxazole rings is 1. The minimum Gasteiger partial charge on any atom is -0.481 e. The van der Waals surface area contributed by atoms with E-state index in [-0.39, 0.29) is 6.04 Å². The van der Waals surface area contributed by atoms with E-state index in [2.05, 4.69) is 45.0 Å². The maximum atomic E-state index is 5.59. The number of anilines is 1. The molecule has 0 spiro atoms. The predicted molar refractivity (Wildman–Crippen MR) is 84.3 cm³/mol. The highest BCUT2D eigenvalue weighted by molar-refractivity contribution is 5.55. The van der Waals surface area contributed by atoms with E-state index >= 15 is 0 Å². The first-order chi connectivity index (χ1) is 11.3. The van der Waals surface area contributed by atoms with Crippen LogP contribution in [-0.2, 0) is 6.54 Å². The summed E-state index contributed by atoms with van der Waals surface area (Å²) in [6.45, 7) is 2.85. The zero-order valence-electron chi connectivity index (χ0n) is 12.9. The third-order valence-corrected chi connectivity index (χ3v) is 4.10. The van der Waals surface area contributed by atoms with Gasteiger partial charge in [-0.1, -0.05) is 23.8 Å². The van der Waals surface area contributed by atoms with Gasteiger partial charge in [0.05, 0.1) is 13.3 Å². The van der Waals surface area contributed by atoms with Gasteiger partial charge in [0.2, 0.25) is 5.88 Å². The Labute approximate surface area is 133 Å². The van der Waals surface area contributed by atoms with Crippen molar-refractivity contribution in [3.8, 4) is 5.88 Å². The van der Waals surface area contributed by atoms with Crippen molar-refractivity contribution in [2.24, 2.45) is 0 Å². The van der Waals surface area contributed by atoms with Crippen molar-refractivity contribution in [3.63, 3.8) is 0 Å². The van der Waals surface area contributed by atoms with Crippen LogP contribution in [0.1, 0.15) is 28.5 Å². The van der Waals surface area contributed by atoms with E-state index in [4.69, 9.17) is 9.15 Å². The number of aromatic nitrogens is 3. The van der Waals surface area contributed by atoms with E-state index < -0.39 is 0 Å². The van der Waals surface area contributed by atoms with Crippen molar-refractivity contribution in [1.29, 1.82) is 0 Å². The molecule has 0 N–H and O–H groups in total. The lowest BCUT2D eigenvalue weighted by Crippen LogP contribution is -2.23. The molecule has 3 heterocycles. The van der Waals surface area contributed by atoms with Gasteiger partial charge in [0.15, 0.2) is 12.2 Å². The Kier molecular flexibility index (Phi) is 3.22. The number of ether oxygens (including phenoxy) is 1. The standard InChI is InChI=1S/C17H16N4O2/c1-11-3-4-13-12(5-11)8-21(17(13)14-7-18-10-23-14)15-6-16(22-2)20-9-19-15/h3-7,9-10,17H,8H2,1-2H3. The molecule has 1 aromatic carbocycles. The Bertz CT molecular complexity index is 832. The maximum Gasteiger partial charge on any atom is 0.218 e. The largest absolute Gasteiger partial charge is 0.481 e. The normalized spacial score (nSPS) is 16.4. The molecule has 4 rings (SSSR count). The molecular formula is C17H16N4O2. The summed E-state index contributed by atoms with van der Waals surface area (Å²) in [6.07, 6.45) is 4.73. The fourth-order valence-corrected chi connectivity index (χ4v) is 3.06. The predicted octanol–water partition coefficient (Wildman–Crippen LogP) is 2.89. The molecule has 0 saturated heterocycles. The van der Waals surface area contributed by atoms with Crippen LogP contribution in [0.25, 0.3) is 0 Å². The van der Waals surface area contributed by atoms with Gasteiger partial charge in [-0.2, -0.15) is 0 Å². The minimum absolute atomic E-state index is 0.0484. The number of hydrogen-bond donors (Lipinski definition) is 0. The Morgan fingerprint density at radius 3 is 2.96 bits per heavy atom. The van der Waals surface area contributed by atoms with E-state index in [0.717, 1.165) is 18.1 Å². The molecule has 1 aliphatic heterocycles. The van der Waals surface area contributed by atoms with Crippen LogP contribution >= 0.6 is 0 Å². The number of benzene rings is 1. The van der Waals surface area contributed by atoms with Gasteiger partial charge < -0.3 is 14.1 Å². The first kappa shape index (κ1) is 13.8. The van der Waals surface area contributed by atoms with Crippen LogP contribution < -0.4 is 9.64 Å². The molecule has 1 aliphatic rings. The SMILES string of the molecule is COc1cc(N2Cc3cc(C)ccc3C2c2cnco2)ncn1. The Morgan fingerprint density at radius 1 is 1.26 bits per heavy atom. The van der Waals surface area contributed by atoms with Gasteiger partial charge in [0, 0.05) is 12.6 Å². The minimum atomic E-state index is -0.0484. The third kappa shape index (κ3) is 2.32. The lowest BCUT2D eigenvalue weighted by atomic mass is 10.0. The summed E-state index contributed by atoms with van der Waals surface area (Å²) in [6, 6.07) is 8.26. The van der Waals surface area contributed by atoms with E-state index in [1.165, 1.54) is 29.4 Å². The summed E-state index contributed by atoms with van der Waals surface area (Å²) in [5.74, 6) is 2.13. The third-order valence-electron chi connectivity index (χ3n) is 4.10. The molecule has 0 saturated carbocycles. The fourth-order valence-electron chi connectivity index (χ4n) is 3.06. The zero-order valence-corrected chi connectivity index (χ0v) is 12.9. The molecule has 0 amide bonds. The highest BCUT2D eigenvalue weighted by Crippen LogP contribution is 2.41. The number of aryl methyl sites for hydroxylation is 1. The van der Waals surface area contributed by atoms with Gasteiger partial charge in [0.1, 0.15) is 18.2 Å². The van der Waals surface area contributed by atoms with Gasteiger partial charge in [0.25, 0.3) is 0 Å². The summed E-state index contributed by atoms with van der Waals surface area (Å²) < 4.78 is 10.8. The molecule has 2 aromatic heterocycles. The molecule has 0 bridgehead atoms. The number of fused-ring (bicyclic) bond motifs is 1. The molecule has 1 atom stereocenters. The van der Waals surface area contributed by atoms with Crippen LogP contribution in [0.15, 0.2) is 47.6 Å². The van der Waals surface area contributed by atoms with Crippen LogP contribution in [0.3, 0.4) is 0 Å². The van der Waals surface area contributed by atoms with E-state index in [1.807, 2.05) is 6.07 Å². The first-order valence-electron chi connectivity index (χ1n) is 7.37. The summed E-state index contributed by atoms with van der Waals surface area (Å²) in [5.41, 5.74) is 3.72. The Hall–Kier alpha value is -2.89. The van der Waals surface area contributed by atoms with Crippen molar-refractivity contribution in [3.05, 3.63) is 65.6 Å². The van der Waals surface area contributed by atoms with E-state index in [9.17, 15) is 0 Å². The second-order valence-corrected chi connectivity index (χ2v) is 5.56. The van der Waals surface area contributed by atoms with Crippen molar-refractivity contribution in [1.82, 2.24) is 15.0 Å². The average Bonchev–Trinajstić information content (AvgIpc) is 3.21. The van der Waals surface area contributed by atoms with Crippen molar-refractivity contribution in [2.45, 2.75) is 19.5 Å². The lowest BCUT2D eigenvalue weighted by Gasteiger charge is -2.24. The fraction of sp³-hybridized carbons (Fsp3) is 0.235. The van der Waals surface area contributed by atoms with E-state index in [1.54, 1.807) is 13.3 Å². The topological polar surface area (TPSA) is 64.3 Å². The van der Waals surface area contributed by atoms with Crippen molar-refractivity contribution >= 4 is 5.82 Å². The average molecular weight is 308 g/mol. The summed E-state index contributed by atoms with van der Waals surface area (Å²) in [7, 11) is 1.60. The Balaban J connectivity index is 1.82. The number of methoxy groups -OCH3 is 1.